The number of aromatic nitrogens is 2. The zero-order valence-corrected chi connectivity index (χ0v) is 14.2. The van der Waals surface area contributed by atoms with E-state index in [9.17, 15) is 0 Å². The predicted octanol–water partition coefficient (Wildman–Crippen LogP) is 4.39. The molecular weight excluding hydrogens is 326 g/mol. The Kier molecular flexibility index (Phi) is 4.35. The van der Waals surface area contributed by atoms with Gasteiger partial charge in [-0.05, 0) is 42.5 Å². The van der Waals surface area contributed by atoms with E-state index in [-0.39, 0.29) is 0 Å². The lowest BCUT2D eigenvalue weighted by Gasteiger charge is -2.22. The van der Waals surface area contributed by atoms with Gasteiger partial charge in [0.25, 0.3) is 0 Å². The molecule has 0 radical (unpaired) electrons. The van der Waals surface area contributed by atoms with Crippen molar-refractivity contribution in [1.82, 2.24) is 10.2 Å². The summed E-state index contributed by atoms with van der Waals surface area (Å²) >= 11 is 3.47. The lowest BCUT2D eigenvalue weighted by atomic mass is 9.92. The Bertz CT molecular complexity index is 770. The van der Waals surface area contributed by atoms with Gasteiger partial charge < -0.3 is 9.73 Å². The number of anilines is 1. The Morgan fingerprint density at radius 1 is 1.17 bits per heavy atom. The van der Waals surface area contributed by atoms with Crippen LogP contribution in [0.15, 0.2) is 51.4 Å². The van der Waals surface area contributed by atoms with E-state index in [1.54, 1.807) is 17.6 Å². The predicted molar refractivity (Wildman–Crippen MR) is 94.1 cm³/mol. The van der Waals surface area contributed by atoms with Gasteiger partial charge in [-0.2, -0.15) is 0 Å². The molecule has 3 aromatic rings. The highest BCUT2D eigenvalue weighted by atomic mass is 32.2. The molecule has 4 nitrogen and oxygen atoms in total. The smallest absolute Gasteiger partial charge is 0.206 e. The van der Waals surface area contributed by atoms with E-state index in [2.05, 4.69) is 39.8 Å². The van der Waals surface area contributed by atoms with Crippen molar-refractivity contribution in [2.24, 2.45) is 0 Å². The molecule has 0 amide bonds. The van der Waals surface area contributed by atoms with E-state index >= 15 is 0 Å². The van der Waals surface area contributed by atoms with Crippen LogP contribution < -0.4 is 5.32 Å². The summed E-state index contributed by atoms with van der Waals surface area (Å²) in [5, 5.41) is 13.2. The molecule has 0 saturated carbocycles. The summed E-state index contributed by atoms with van der Waals surface area (Å²) in [5.41, 5.74) is 2.99. The first kappa shape index (κ1) is 14.8. The number of nitrogens with one attached hydrogen (secondary N) is 1. The van der Waals surface area contributed by atoms with Crippen LogP contribution in [0.1, 0.15) is 23.3 Å². The van der Waals surface area contributed by atoms with Gasteiger partial charge in [0, 0.05) is 5.25 Å². The van der Waals surface area contributed by atoms with Crippen molar-refractivity contribution in [3.63, 3.8) is 0 Å². The molecule has 0 spiro atoms. The number of fused-ring (bicyclic) bond motifs is 1. The van der Waals surface area contributed by atoms with Crippen LogP contribution in [0.3, 0.4) is 0 Å². The molecular formula is C17H17N3OS2. The summed E-state index contributed by atoms with van der Waals surface area (Å²) in [7, 11) is 0. The third-order valence-corrected chi connectivity index (χ3v) is 6.20. The van der Waals surface area contributed by atoms with Crippen LogP contribution in [0.4, 0.5) is 5.13 Å². The molecule has 0 aliphatic heterocycles. The van der Waals surface area contributed by atoms with E-state index in [1.165, 1.54) is 17.5 Å². The summed E-state index contributed by atoms with van der Waals surface area (Å²) in [4.78, 5) is 0. The first-order chi connectivity index (χ1) is 11.4. The molecule has 0 saturated heterocycles. The van der Waals surface area contributed by atoms with Crippen LogP contribution >= 0.6 is 23.1 Å². The van der Waals surface area contributed by atoms with Crippen LogP contribution in [0.5, 0.6) is 0 Å². The maximum Gasteiger partial charge on any atom is 0.206 e. The standard InChI is InChI=1S/C17H17N3OS2/c1-2-5-13-10-15(8-7-12(13)4-1)22-17-20-19-16(23-17)18-11-14-6-3-9-21-14/h1-6,9,15H,7-8,10-11H2,(H,18,19)/t15-/m1/s1. The molecule has 2 heterocycles. The first-order valence-corrected chi connectivity index (χ1v) is 9.39. The maximum absolute atomic E-state index is 5.31. The molecule has 4 rings (SSSR count). The van der Waals surface area contributed by atoms with Gasteiger partial charge in [-0.3, -0.25) is 0 Å². The van der Waals surface area contributed by atoms with E-state index in [0.717, 1.165) is 28.1 Å². The second kappa shape index (κ2) is 6.76. The third-order valence-electron chi connectivity index (χ3n) is 3.97. The van der Waals surface area contributed by atoms with Gasteiger partial charge in [-0.15, -0.1) is 10.2 Å². The van der Waals surface area contributed by atoms with Crippen molar-refractivity contribution < 1.29 is 4.42 Å². The van der Waals surface area contributed by atoms with Crippen molar-refractivity contribution in [2.75, 3.05) is 5.32 Å². The zero-order valence-electron chi connectivity index (χ0n) is 12.6. The topological polar surface area (TPSA) is 51.0 Å². The molecule has 1 N–H and O–H groups in total. The molecule has 0 unspecified atom stereocenters. The molecule has 23 heavy (non-hydrogen) atoms. The Balaban J connectivity index is 1.35. The van der Waals surface area contributed by atoms with Crippen molar-refractivity contribution in [3.8, 4) is 0 Å². The lowest BCUT2D eigenvalue weighted by molar-refractivity contribution is 0.518. The number of hydrogen-bond donors (Lipinski definition) is 1. The number of aryl methyl sites for hydroxylation is 1. The quantitative estimate of drug-likeness (QED) is 0.744. The van der Waals surface area contributed by atoms with E-state index in [4.69, 9.17) is 4.42 Å². The number of furan rings is 1. The minimum Gasteiger partial charge on any atom is -0.467 e. The van der Waals surface area contributed by atoms with Crippen LogP contribution in [0, 0.1) is 0 Å². The highest BCUT2D eigenvalue weighted by molar-refractivity contribution is 8.01. The molecule has 1 atom stereocenters. The summed E-state index contributed by atoms with van der Waals surface area (Å²) in [6.07, 6.45) is 5.17. The molecule has 0 fully saturated rings. The van der Waals surface area contributed by atoms with Gasteiger partial charge in [0.2, 0.25) is 5.13 Å². The second-order valence-electron chi connectivity index (χ2n) is 5.56. The van der Waals surface area contributed by atoms with Crippen molar-refractivity contribution in [3.05, 3.63) is 59.5 Å². The monoisotopic (exact) mass is 343 g/mol. The molecule has 118 valence electrons. The average molecular weight is 343 g/mol. The van der Waals surface area contributed by atoms with Gasteiger partial charge in [-0.25, -0.2) is 0 Å². The average Bonchev–Trinajstić information content (AvgIpc) is 3.24. The summed E-state index contributed by atoms with van der Waals surface area (Å²) in [6, 6.07) is 12.6. The summed E-state index contributed by atoms with van der Waals surface area (Å²) in [6.45, 7) is 0.642. The largest absolute Gasteiger partial charge is 0.467 e. The van der Waals surface area contributed by atoms with Crippen molar-refractivity contribution in [2.45, 2.75) is 35.4 Å². The number of benzene rings is 1. The van der Waals surface area contributed by atoms with E-state index in [0.29, 0.717) is 11.8 Å². The highest BCUT2D eigenvalue weighted by Crippen LogP contribution is 2.35. The highest BCUT2D eigenvalue weighted by Gasteiger charge is 2.20. The summed E-state index contributed by atoms with van der Waals surface area (Å²) < 4.78 is 6.34. The van der Waals surface area contributed by atoms with Crippen LogP contribution in [0.2, 0.25) is 0 Å². The minimum absolute atomic E-state index is 0.593. The SMILES string of the molecule is c1coc(CNc2nnc(S[C@@H]3CCc4ccccc4C3)s2)c1. The molecule has 2 aromatic heterocycles. The Morgan fingerprint density at radius 2 is 2.09 bits per heavy atom. The minimum atomic E-state index is 0.593. The second-order valence-corrected chi connectivity index (χ2v) is 8.08. The Labute approximate surface area is 143 Å². The Morgan fingerprint density at radius 3 is 2.96 bits per heavy atom. The maximum atomic E-state index is 5.31. The van der Waals surface area contributed by atoms with Crippen LogP contribution in [-0.4, -0.2) is 15.4 Å². The normalized spacial score (nSPS) is 17.0. The van der Waals surface area contributed by atoms with Gasteiger partial charge in [-0.1, -0.05) is 47.4 Å². The van der Waals surface area contributed by atoms with E-state index in [1.807, 2.05) is 23.9 Å². The fourth-order valence-corrected chi connectivity index (χ4v) is 4.99. The zero-order chi connectivity index (χ0) is 15.5. The van der Waals surface area contributed by atoms with Crippen molar-refractivity contribution >= 4 is 28.2 Å². The van der Waals surface area contributed by atoms with Crippen LogP contribution in [0.25, 0.3) is 0 Å². The number of hydrogen-bond acceptors (Lipinski definition) is 6. The van der Waals surface area contributed by atoms with Gasteiger partial charge in [0.1, 0.15) is 5.76 Å². The number of thioether (sulfide) groups is 1. The number of rotatable bonds is 5. The fraction of sp³-hybridized carbons (Fsp3) is 0.294. The third kappa shape index (κ3) is 3.59. The lowest BCUT2D eigenvalue weighted by Crippen LogP contribution is -2.15. The summed E-state index contributed by atoms with van der Waals surface area (Å²) in [5.74, 6) is 0.901. The van der Waals surface area contributed by atoms with Gasteiger partial charge in [0.05, 0.1) is 12.8 Å². The first-order valence-electron chi connectivity index (χ1n) is 7.70. The fourth-order valence-electron chi connectivity index (χ4n) is 2.81. The van der Waals surface area contributed by atoms with Crippen LogP contribution in [-0.2, 0) is 19.4 Å². The molecule has 0 bridgehead atoms. The molecule has 1 aliphatic rings. The van der Waals surface area contributed by atoms with Crippen molar-refractivity contribution in [1.29, 1.82) is 0 Å². The molecule has 1 aliphatic carbocycles. The Hall–Kier alpha value is -1.79. The van der Waals surface area contributed by atoms with Gasteiger partial charge in [0.15, 0.2) is 4.34 Å². The molecule has 6 heteroatoms. The number of nitrogens with zero attached hydrogens (tertiary/aromatic N) is 2. The molecule has 1 aromatic carbocycles. The van der Waals surface area contributed by atoms with E-state index < -0.39 is 0 Å². The van der Waals surface area contributed by atoms with Gasteiger partial charge >= 0.3 is 0 Å².